The zero-order chi connectivity index (χ0) is 10.5. The van der Waals surface area contributed by atoms with Crippen LogP contribution in [0.15, 0.2) is 0 Å². The van der Waals surface area contributed by atoms with Crippen LogP contribution in [0.3, 0.4) is 0 Å². The van der Waals surface area contributed by atoms with E-state index >= 15 is 0 Å². The summed E-state index contributed by atoms with van der Waals surface area (Å²) >= 11 is 0. The number of piperidine rings is 1. The Kier molecular flexibility index (Phi) is 4.45. The molecule has 0 unspecified atom stereocenters. The molecule has 0 spiro atoms. The first-order valence-electron chi connectivity index (χ1n) is 6.60. The van der Waals surface area contributed by atoms with Gasteiger partial charge in [0.2, 0.25) is 0 Å². The Morgan fingerprint density at radius 1 is 1.07 bits per heavy atom. The number of hydrogen-bond donors (Lipinski definition) is 1. The van der Waals surface area contributed by atoms with Gasteiger partial charge >= 0.3 is 0 Å². The van der Waals surface area contributed by atoms with E-state index in [4.69, 9.17) is 4.74 Å². The van der Waals surface area contributed by atoms with E-state index in [1.54, 1.807) is 0 Å². The van der Waals surface area contributed by atoms with E-state index in [2.05, 4.69) is 5.32 Å². The van der Waals surface area contributed by atoms with E-state index in [9.17, 15) is 0 Å². The van der Waals surface area contributed by atoms with E-state index in [1.807, 2.05) is 7.11 Å². The fourth-order valence-electron chi connectivity index (χ4n) is 3.40. The summed E-state index contributed by atoms with van der Waals surface area (Å²) in [4.78, 5) is 0. The lowest BCUT2D eigenvalue weighted by atomic mass is 9.75. The summed E-state index contributed by atoms with van der Waals surface area (Å²) in [7, 11) is 1.82. The summed E-state index contributed by atoms with van der Waals surface area (Å²) in [5, 5.41) is 3.59. The lowest BCUT2D eigenvalue weighted by Crippen LogP contribution is -2.41. The van der Waals surface area contributed by atoms with Crippen LogP contribution in [0.25, 0.3) is 0 Å². The Balaban J connectivity index is 1.80. The highest BCUT2D eigenvalue weighted by atomic mass is 16.5. The SMILES string of the molecule is COC[C@@H]1CNC[C@H](C2CCCCC2)C1. The van der Waals surface area contributed by atoms with Gasteiger partial charge in [-0.05, 0) is 30.7 Å². The maximum Gasteiger partial charge on any atom is 0.0502 e. The highest BCUT2D eigenvalue weighted by Gasteiger charge is 2.28. The van der Waals surface area contributed by atoms with Gasteiger partial charge in [-0.2, -0.15) is 0 Å². The fourth-order valence-corrected chi connectivity index (χ4v) is 3.40. The second-order valence-corrected chi connectivity index (χ2v) is 5.37. The first-order chi connectivity index (χ1) is 7.40. The zero-order valence-electron chi connectivity index (χ0n) is 10.0. The lowest BCUT2D eigenvalue weighted by molar-refractivity contribution is 0.0989. The predicted octanol–water partition coefficient (Wildman–Crippen LogP) is 2.44. The maximum absolute atomic E-state index is 5.28. The van der Waals surface area contributed by atoms with Crippen LogP contribution in [0, 0.1) is 17.8 Å². The molecule has 1 N–H and O–H groups in total. The summed E-state index contributed by atoms with van der Waals surface area (Å²) < 4.78 is 5.28. The average molecular weight is 211 g/mol. The zero-order valence-corrected chi connectivity index (χ0v) is 10.0. The van der Waals surface area contributed by atoms with Crippen molar-refractivity contribution in [3.05, 3.63) is 0 Å². The minimum Gasteiger partial charge on any atom is -0.384 e. The van der Waals surface area contributed by atoms with Gasteiger partial charge < -0.3 is 10.1 Å². The summed E-state index contributed by atoms with van der Waals surface area (Å²) in [6.07, 6.45) is 8.76. The van der Waals surface area contributed by atoms with E-state index < -0.39 is 0 Å². The molecule has 1 saturated carbocycles. The Bertz CT molecular complexity index is 175. The van der Waals surface area contributed by atoms with Crippen molar-refractivity contribution >= 4 is 0 Å². The van der Waals surface area contributed by atoms with Crippen LogP contribution in [0.4, 0.5) is 0 Å². The molecule has 15 heavy (non-hydrogen) atoms. The Morgan fingerprint density at radius 2 is 1.87 bits per heavy atom. The van der Waals surface area contributed by atoms with Crippen molar-refractivity contribution in [3.63, 3.8) is 0 Å². The van der Waals surface area contributed by atoms with E-state index in [-0.39, 0.29) is 0 Å². The second-order valence-electron chi connectivity index (χ2n) is 5.37. The minimum atomic E-state index is 0.760. The number of nitrogens with one attached hydrogen (secondary N) is 1. The van der Waals surface area contributed by atoms with Crippen LogP contribution < -0.4 is 5.32 Å². The molecular weight excluding hydrogens is 186 g/mol. The molecule has 1 aliphatic heterocycles. The van der Waals surface area contributed by atoms with Gasteiger partial charge in [-0.1, -0.05) is 32.1 Å². The van der Waals surface area contributed by atoms with Gasteiger partial charge in [-0.25, -0.2) is 0 Å². The molecule has 2 aliphatic rings. The minimum absolute atomic E-state index is 0.760. The van der Waals surface area contributed by atoms with Crippen LogP contribution in [0.5, 0.6) is 0 Å². The second kappa shape index (κ2) is 5.86. The van der Waals surface area contributed by atoms with Crippen LogP contribution in [-0.2, 0) is 4.74 Å². The average Bonchev–Trinajstić information content (AvgIpc) is 2.31. The van der Waals surface area contributed by atoms with E-state index in [1.165, 1.54) is 45.1 Å². The molecule has 2 heteroatoms. The molecule has 1 saturated heterocycles. The lowest BCUT2D eigenvalue weighted by Gasteiger charge is -2.36. The quantitative estimate of drug-likeness (QED) is 0.774. The van der Waals surface area contributed by atoms with Gasteiger partial charge in [0, 0.05) is 13.7 Å². The molecule has 2 fully saturated rings. The van der Waals surface area contributed by atoms with Crippen LogP contribution >= 0.6 is 0 Å². The van der Waals surface area contributed by atoms with Crippen molar-refractivity contribution in [2.45, 2.75) is 38.5 Å². The molecule has 0 aromatic carbocycles. The molecule has 1 heterocycles. The van der Waals surface area contributed by atoms with Crippen LogP contribution in [0.1, 0.15) is 38.5 Å². The third-order valence-corrected chi connectivity index (χ3v) is 4.19. The van der Waals surface area contributed by atoms with E-state index in [0.29, 0.717) is 0 Å². The van der Waals surface area contributed by atoms with Crippen molar-refractivity contribution < 1.29 is 4.74 Å². The predicted molar refractivity (Wildman–Crippen MR) is 62.9 cm³/mol. The van der Waals surface area contributed by atoms with Crippen LogP contribution in [0.2, 0.25) is 0 Å². The number of ether oxygens (including phenoxy) is 1. The molecule has 2 nitrogen and oxygen atoms in total. The van der Waals surface area contributed by atoms with Crippen molar-refractivity contribution in [1.82, 2.24) is 5.32 Å². The van der Waals surface area contributed by atoms with Crippen LogP contribution in [-0.4, -0.2) is 26.8 Å². The number of methoxy groups -OCH3 is 1. The third-order valence-electron chi connectivity index (χ3n) is 4.19. The molecule has 1 aliphatic carbocycles. The molecule has 2 atom stereocenters. The highest BCUT2D eigenvalue weighted by molar-refractivity contribution is 4.82. The van der Waals surface area contributed by atoms with Gasteiger partial charge in [0.25, 0.3) is 0 Å². The normalized spacial score (nSPS) is 34.2. The summed E-state index contributed by atoms with van der Waals surface area (Å²) in [6.45, 7) is 3.36. The summed E-state index contributed by atoms with van der Waals surface area (Å²) in [6, 6.07) is 0. The first kappa shape index (κ1) is 11.4. The summed E-state index contributed by atoms with van der Waals surface area (Å²) in [5.41, 5.74) is 0. The summed E-state index contributed by atoms with van der Waals surface area (Å²) in [5.74, 6) is 2.70. The number of rotatable bonds is 3. The third kappa shape index (κ3) is 3.18. The van der Waals surface area contributed by atoms with Gasteiger partial charge in [-0.15, -0.1) is 0 Å². The number of hydrogen-bond acceptors (Lipinski definition) is 2. The van der Waals surface area contributed by atoms with Crippen molar-refractivity contribution in [2.75, 3.05) is 26.8 Å². The highest BCUT2D eigenvalue weighted by Crippen LogP contribution is 2.34. The molecule has 88 valence electrons. The van der Waals surface area contributed by atoms with Gasteiger partial charge in [0.05, 0.1) is 6.61 Å². The Hall–Kier alpha value is -0.0800. The molecule has 0 bridgehead atoms. The largest absolute Gasteiger partial charge is 0.384 e. The van der Waals surface area contributed by atoms with Crippen molar-refractivity contribution in [2.24, 2.45) is 17.8 Å². The van der Waals surface area contributed by atoms with Gasteiger partial charge in [0.15, 0.2) is 0 Å². The van der Waals surface area contributed by atoms with Gasteiger partial charge in [-0.3, -0.25) is 0 Å². The van der Waals surface area contributed by atoms with E-state index in [0.717, 1.165) is 30.9 Å². The Morgan fingerprint density at radius 3 is 2.60 bits per heavy atom. The molecule has 0 aromatic heterocycles. The van der Waals surface area contributed by atoms with Gasteiger partial charge in [0.1, 0.15) is 0 Å². The van der Waals surface area contributed by atoms with Crippen molar-refractivity contribution in [3.8, 4) is 0 Å². The molecule has 0 amide bonds. The molecular formula is C13H25NO. The van der Waals surface area contributed by atoms with Crippen molar-refractivity contribution in [1.29, 1.82) is 0 Å². The fraction of sp³-hybridized carbons (Fsp3) is 1.00. The molecule has 2 rings (SSSR count). The molecule has 0 radical (unpaired) electrons. The topological polar surface area (TPSA) is 21.3 Å². The maximum atomic E-state index is 5.28. The molecule has 0 aromatic rings. The smallest absolute Gasteiger partial charge is 0.0502 e. The Labute approximate surface area is 93.8 Å². The first-order valence-corrected chi connectivity index (χ1v) is 6.60. The standard InChI is InChI=1S/C13H25NO/c1-15-10-11-7-13(9-14-8-11)12-5-3-2-4-6-12/h11-14H,2-10H2,1H3/t11-,13+/m0/s1. The monoisotopic (exact) mass is 211 g/mol.